The first-order chi connectivity index (χ1) is 14.5. The predicted molar refractivity (Wildman–Crippen MR) is 107 cm³/mol. The molecule has 0 saturated heterocycles. The van der Waals surface area contributed by atoms with E-state index in [-0.39, 0.29) is 17.7 Å². The molecule has 0 aliphatic rings. The van der Waals surface area contributed by atoms with Crippen LogP contribution in [0.3, 0.4) is 0 Å². The van der Waals surface area contributed by atoms with Gasteiger partial charge in [-0.3, -0.25) is 19.0 Å². The van der Waals surface area contributed by atoms with Gasteiger partial charge in [0.05, 0.1) is 18.5 Å². The van der Waals surface area contributed by atoms with Crippen molar-refractivity contribution in [1.29, 1.82) is 0 Å². The highest BCUT2D eigenvalue weighted by molar-refractivity contribution is 6.03. The summed E-state index contributed by atoms with van der Waals surface area (Å²) in [6.07, 6.45) is 2.51. The number of hydrogen-bond acceptors (Lipinski definition) is 6. The fraction of sp³-hybridized carbons (Fsp3) is 0.0500. The van der Waals surface area contributed by atoms with Crippen LogP contribution in [0.25, 0.3) is 11.3 Å². The lowest BCUT2D eigenvalue weighted by Gasteiger charge is -2.08. The highest BCUT2D eigenvalue weighted by atomic mass is 16.3. The number of nitrogens with one attached hydrogen (secondary N) is 3. The Bertz CT molecular complexity index is 1340. The van der Waals surface area contributed by atoms with Crippen LogP contribution in [0.1, 0.15) is 16.1 Å². The van der Waals surface area contributed by atoms with Gasteiger partial charge in [0.2, 0.25) is 0 Å². The summed E-state index contributed by atoms with van der Waals surface area (Å²) in [6, 6.07) is 12.9. The number of hydrogen-bond donors (Lipinski definition) is 3. The minimum Gasteiger partial charge on any atom is -0.467 e. The van der Waals surface area contributed by atoms with E-state index in [1.54, 1.807) is 42.5 Å². The Hall–Kier alpha value is -4.47. The maximum absolute atomic E-state index is 12.6. The van der Waals surface area contributed by atoms with Gasteiger partial charge in [0, 0.05) is 23.5 Å². The molecule has 150 valence electrons. The standard InChI is InChI=1S/C20H15N5O5/c26-17-8-7-16(23-24-17)12-3-5-13(6-4-12)22-18(27)15-10-21-20(29)25(19(15)28)11-14-2-1-9-30-14/h1-10H,11H2,(H,21,29)(H,22,27)(H,24,26). The van der Waals surface area contributed by atoms with Gasteiger partial charge in [-0.1, -0.05) is 12.1 Å². The van der Waals surface area contributed by atoms with Crippen molar-refractivity contribution in [2.24, 2.45) is 0 Å². The molecule has 0 aliphatic carbocycles. The monoisotopic (exact) mass is 405 g/mol. The number of H-pyrrole nitrogens is 2. The Balaban J connectivity index is 1.55. The summed E-state index contributed by atoms with van der Waals surface area (Å²) >= 11 is 0. The van der Waals surface area contributed by atoms with Crippen LogP contribution in [-0.2, 0) is 6.54 Å². The second-order valence-electron chi connectivity index (χ2n) is 6.32. The van der Waals surface area contributed by atoms with Crippen LogP contribution >= 0.6 is 0 Å². The number of furan rings is 1. The average Bonchev–Trinajstić information content (AvgIpc) is 3.25. The smallest absolute Gasteiger partial charge is 0.328 e. The number of rotatable bonds is 5. The molecule has 10 heteroatoms. The lowest BCUT2D eigenvalue weighted by Crippen LogP contribution is -2.39. The lowest BCUT2D eigenvalue weighted by molar-refractivity contribution is 0.102. The SMILES string of the molecule is O=C(Nc1ccc(-c2ccc(=O)[nH]n2)cc1)c1c[nH]c(=O)n(Cc2ccco2)c1=O. The molecular weight excluding hydrogens is 390 g/mol. The highest BCUT2D eigenvalue weighted by Crippen LogP contribution is 2.18. The third kappa shape index (κ3) is 3.87. The van der Waals surface area contributed by atoms with Crippen LogP contribution < -0.4 is 22.1 Å². The van der Waals surface area contributed by atoms with Crippen molar-refractivity contribution in [3.63, 3.8) is 0 Å². The molecule has 4 rings (SSSR count). The van der Waals surface area contributed by atoms with Crippen LogP contribution in [0.2, 0.25) is 0 Å². The van der Waals surface area contributed by atoms with Gasteiger partial charge in [-0.25, -0.2) is 9.89 Å². The fourth-order valence-electron chi connectivity index (χ4n) is 2.80. The Morgan fingerprint density at radius 1 is 1.07 bits per heavy atom. The molecule has 30 heavy (non-hydrogen) atoms. The topological polar surface area (TPSA) is 143 Å². The van der Waals surface area contributed by atoms with Crippen molar-refractivity contribution in [2.45, 2.75) is 6.54 Å². The first-order valence-electron chi connectivity index (χ1n) is 8.84. The average molecular weight is 405 g/mol. The molecule has 3 heterocycles. The molecular formula is C20H15N5O5. The largest absolute Gasteiger partial charge is 0.467 e. The van der Waals surface area contributed by atoms with Crippen LogP contribution in [-0.4, -0.2) is 25.7 Å². The molecule has 0 fully saturated rings. The van der Waals surface area contributed by atoms with Gasteiger partial charge in [0.25, 0.3) is 17.0 Å². The van der Waals surface area contributed by atoms with Crippen LogP contribution in [0.4, 0.5) is 5.69 Å². The molecule has 0 radical (unpaired) electrons. The second-order valence-corrected chi connectivity index (χ2v) is 6.32. The number of anilines is 1. The zero-order valence-electron chi connectivity index (χ0n) is 15.4. The second kappa shape index (κ2) is 7.87. The summed E-state index contributed by atoms with van der Waals surface area (Å²) in [5.74, 6) is -0.258. The minimum atomic E-state index is -0.735. The predicted octanol–water partition coefficient (Wildman–Crippen LogP) is 1.18. The van der Waals surface area contributed by atoms with E-state index in [4.69, 9.17) is 4.42 Å². The van der Waals surface area contributed by atoms with Gasteiger partial charge in [-0.05, 0) is 30.3 Å². The Labute approximate surface area is 167 Å². The molecule has 0 atom stereocenters. The number of amides is 1. The Morgan fingerprint density at radius 2 is 1.87 bits per heavy atom. The number of aromatic amines is 2. The Morgan fingerprint density at radius 3 is 2.53 bits per heavy atom. The molecule has 4 aromatic rings. The number of aromatic nitrogens is 4. The van der Waals surface area contributed by atoms with Gasteiger partial charge in [-0.2, -0.15) is 5.10 Å². The van der Waals surface area contributed by atoms with E-state index in [9.17, 15) is 19.2 Å². The maximum atomic E-state index is 12.6. The summed E-state index contributed by atoms with van der Waals surface area (Å²) in [7, 11) is 0. The van der Waals surface area contributed by atoms with Gasteiger partial charge >= 0.3 is 5.69 Å². The molecule has 0 saturated carbocycles. The van der Waals surface area contributed by atoms with E-state index in [0.29, 0.717) is 17.1 Å². The van der Waals surface area contributed by atoms with Crippen molar-refractivity contribution < 1.29 is 9.21 Å². The van der Waals surface area contributed by atoms with Gasteiger partial charge in [-0.15, -0.1) is 0 Å². The molecule has 1 aromatic carbocycles. The molecule has 0 unspecified atom stereocenters. The van der Waals surface area contributed by atoms with E-state index in [2.05, 4.69) is 20.5 Å². The van der Waals surface area contributed by atoms with E-state index in [1.807, 2.05) is 0 Å². The van der Waals surface area contributed by atoms with Crippen LogP contribution in [0.5, 0.6) is 0 Å². The zero-order valence-corrected chi connectivity index (χ0v) is 15.4. The van der Waals surface area contributed by atoms with Crippen molar-refractivity contribution in [2.75, 3.05) is 5.32 Å². The quantitative estimate of drug-likeness (QED) is 0.455. The van der Waals surface area contributed by atoms with Gasteiger partial charge in [0.15, 0.2) is 0 Å². The summed E-state index contributed by atoms with van der Waals surface area (Å²) in [4.78, 5) is 50.7. The molecule has 3 N–H and O–H groups in total. The van der Waals surface area contributed by atoms with Crippen molar-refractivity contribution in [3.8, 4) is 11.3 Å². The summed E-state index contributed by atoms with van der Waals surface area (Å²) in [5, 5.41) is 8.90. The fourth-order valence-corrected chi connectivity index (χ4v) is 2.80. The number of carbonyl (C=O) groups excluding carboxylic acids is 1. The van der Waals surface area contributed by atoms with Crippen molar-refractivity contribution >= 4 is 11.6 Å². The van der Waals surface area contributed by atoms with E-state index < -0.39 is 17.2 Å². The van der Waals surface area contributed by atoms with E-state index >= 15 is 0 Å². The third-order valence-electron chi connectivity index (χ3n) is 4.32. The third-order valence-corrected chi connectivity index (χ3v) is 4.32. The van der Waals surface area contributed by atoms with Gasteiger partial charge < -0.3 is 14.7 Å². The first-order valence-corrected chi connectivity index (χ1v) is 8.84. The molecule has 10 nitrogen and oxygen atoms in total. The lowest BCUT2D eigenvalue weighted by atomic mass is 10.1. The maximum Gasteiger partial charge on any atom is 0.328 e. The minimum absolute atomic E-state index is 0.0941. The van der Waals surface area contributed by atoms with E-state index in [1.165, 1.54) is 12.3 Å². The molecule has 0 aliphatic heterocycles. The van der Waals surface area contributed by atoms with E-state index in [0.717, 1.165) is 16.3 Å². The summed E-state index contributed by atoms with van der Waals surface area (Å²) < 4.78 is 6.05. The summed E-state index contributed by atoms with van der Waals surface area (Å²) in [6.45, 7) is -0.0941. The summed E-state index contributed by atoms with van der Waals surface area (Å²) in [5.41, 5.74) is -0.166. The molecule has 3 aromatic heterocycles. The van der Waals surface area contributed by atoms with Crippen LogP contribution in [0.15, 0.2) is 79.8 Å². The molecule has 0 spiro atoms. The number of benzene rings is 1. The Kier molecular flexibility index (Phi) is 4.95. The number of carbonyl (C=O) groups is 1. The van der Waals surface area contributed by atoms with Gasteiger partial charge in [0.1, 0.15) is 11.3 Å². The highest BCUT2D eigenvalue weighted by Gasteiger charge is 2.16. The molecule has 1 amide bonds. The first kappa shape index (κ1) is 18.9. The van der Waals surface area contributed by atoms with Crippen molar-refractivity contribution in [1.82, 2.24) is 19.7 Å². The normalized spacial score (nSPS) is 10.7. The zero-order chi connectivity index (χ0) is 21.1. The number of nitrogens with zero attached hydrogens (tertiary/aromatic N) is 2. The van der Waals surface area contributed by atoms with Crippen LogP contribution in [0, 0.1) is 0 Å². The van der Waals surface area contributed by atoms with Crippen molar-refractivity contribution in [3.05, 3.63) is 104 Å². The molecule has 0 bridgehead atoms.